The molecule has 0 radical (unpaired) electrons. The fraction of sp³-hybridized carbons (Fsp3) is 0.647. The van der Waals surface area contributed by atoms with Crippen LogP contribution in [0.5, 0.6) is 11.5 Å². The van der Waals surface area contributed by atoms with E-state index in [0.717, 1.165) is 23.3 Å². The van der Waals surface area contributed by atoms with Crippen molar-refractivity contribution >= 4 is 0 Å². The molecule has 0 aromatic heterocycles. The molecule has 0 aliphatic heterocycles. The predicted octanol–water partition coefficient (Wildman–Crippen LogP) is 3.67. The lowest BCUT2D eigenvalue weighted by molar-refractivity contribution is 0.117. The summed E-state index contributed by atoms with van der Waals surface area (Å²) in [5.74, 6) is 3.60. The molecule has 1 aromatic carbocycles. The second-order valence-corrected chi connectivity index (χ2v) is 6.07. The lowest BCUT2D eigenvalue weighted by atomic mass is 9.87. The van der Waals surface area contributed by atoms with Gasteiger partial charge in [0.25, 0.3) is 0 Å². The Morgan fingerprint density at radius 2 is 1.75 bits per heavy atom. The lowest BCUT2D eigenvalue weighted by Crippen LogP contribution is -2.26. The topological polar surface area (TPSA) is 27.7 Å². The Morgan fingerprint density at radius 1 is 1.00 bits per heavy atom. The number of rotatable bonds is 6. The zero-order valence-corrected chi connectivity index (χ0v) is 12.2. The van der Waals surface area contributed by atoms with Crippen LogP contribution in [-0.4, -0.2) is 26.4 Å². The van der Waals surface area contributed by atoms with Crippen molar-refractivity contribution in [2.45, 2.75) is 38.2 Å². The van der Waals surface area contributed by atoms with Crippen molar-refractivity contribution in [3.8, 4) is 11.5 Å². The molecule has 2 saturated carbocycles. The minimum atomic E-state index is 0.399. The largest absolute Gasteiger partial charge is 0.491 e. The molecule has 3 atom stereocenters. The molecule has 0 saturated heterocycles. The van der Waals surface area contributed by atoms with E-state index in [1.54, 1.807) is 7.11 Å². The van der Waals surface area contributed by atoms with Crippen molar-refractivity contribution in [1.82, 2.24) is 0 Å². The van der Waals surface area contributed by atoms with Gasteiger partial charge in [-0.15, -0.1) is 0 Å². The summed E-state index contributed by atoms with van der Waals surface area (Å²) in [7, 11) is 1.68. The summed E-state index contributed by atoms with van der Waals surface area (Å²) in [6, 6.07) is 7.98. The van der Waals surface area contributed by atoms with E-state index in [1.807, 2.05) is 24.3 Å². The first-order valence-electron chi connectivity index (χ1n) is 7.72. The molecule has 110 valence electrons. The van der Waals surface area contributed by atoms with Crippen molar-refractivity contribution in [3.05, 3.63) is 24.3 Å². The molecule has 0 heterocycles. The molecule has 2 bridgehead atoms. The van der Waals surface area contributed by atoms with E-state index in [-0.39, 0.29) is 0 Å². The molecule has 3 heteroatoms. The zero-order valence-electron chi connectivity index (χ0n) is 12.2. The number of benzene rings is 1. The van der Waals surface area contributed by atoms with Gasteiger partial charge in [0.15, 0.2) is 0 Å². The fourth-order valence-corrected chi connectivity index (χ4v) is 3.62. The third-order valence-corrected chi connectivity index (χ3v) is 4.51. The summed E-state index contributed by atoms with van der Waals surface area (Å²) in [4.78, 5) is 0. The Morgan fingerprint density at radius 3 is 2.50 bits per heavy atom. The standard InChI is InChI=1S/C17H24O3/c1-18-7-8-19-15-3-2-4-16(12-15)20-17-10-13-5-6-14(9-13)11-17/h2-4,12-14,17H,5-11H2,1H3/t13-,14+,17?. The summed E-state index contributed by atoms with van der Waals surface area (Å²) in [6.45, 7) is 1.19. The molecule has 2 aliphatic carbocycles. The van der Waals surface area contributed by atoms with Crippen molar-refractivity contribution in [1.29, 1.82) is 0 Å². The molecule has 2 aliphatic rings. The van der Waals surface area contributed by atoms with Gasteiger partial charge in [0.1, 0.15) is 18.1 Å². The summed E-state index contributed by atoms with van der Waals surface area (Å²) >= 11 is 0. The first-order valence-corrected chi connectivity index (χ1v) is 7.72. The maximum Gasteiger partial charge on any atom is 0.123 e. The maximum atomic E-state index is 6.17. The lowest BCUT2D eigenvalue weighted by Gasteiger charge is -2.28. The van der Waals surface area contributed by atoms with Gasteiger partial charge in [-0.3, -0.25) is 0 Å². The van der Waals surface area contributed by atoms with Gasteiger partial charge in [0.05, 0.1) is 12.7 Å². The van der Waals surface area contributed by atoms with Crippen LogP contribution in [0.1, 0.15) is 32.1 Å². The average Bonchev–Trinajstić information content (AvgIpc) is 2.79. The molecule has 1 unspecified atom stereocenters. The van der Waals surface area contributed by atoms with Gasteiger partial charge >= 0.3 is 0 Å². The van der Waals surface area contributed by atoms with Crippen LogP contribution in [0.2, 0.25) is 0 Å². The van der Waals surface area contributed by atoms with Crippen molar-refractivity contribution in [2.75, 3.05) is 20.3 Å². The molecule has 0 spiro atoms. The Hall–Kier alpha value is -1.22. The van der Waals surface area contributed by atoms with Crippen LogP contribution in [0.15, 0.2) is 24.3 Å². The summed E-state index contributed by atoms with van der Waals surface area (Å²) in [5.41, 5.74) is 0. The molecular formula is C17H24O3. The molecular weight excluding hydrogens is 252 g/mol. The average molecular weight is 276 g/mol. The normalized spacial score (nSPS) is 28.4. The van der Waals surface area contributed by atoms with Gasteiger partial charge < -0.3 is 14.2 Å². The van der Waals surface area contributed by atoms with Crippen LogP contribution in [0.4, 0.5) is 0 Å². The van der Waals surface area contributed by atoms with Crippen molar-refractivity contribution in [2.24, 2.45) is 11.8 Å². The van der Waals surface area contributed by atoms with E-state index in [4.69, 9.17) is 14.2 Å². The Balaban J connectivity index is 1.55. The van der Waals surface area contributed by atoms with E-state index in [1.165, 1.54) is 32.1 Å². The highest BCUT2D eigenvalue weighted by Gasteiger charge is 2.35. The highest BCUT2D eigenvalue weighted by Crippen LogP contribution is 2.43. The van der Waals surface area contributed by atoms with Crippen LogP contribution >= 0.6 is 0 Å². The monoisotopic (exact) mass is 276 g/mol. The Labute approximate surface area is 121 Å². The quantitative estimate of drug-likeness (QED) is 0.742. The minimum Gasteiger partial charge on any atom is -0.491 e. The first kappa shape index (κ1) is 13.7. The Kier molecular flexibility index (Phi) is 4.46. The van der Waals surface area contributed by atoms with E-state index in [2.05, 4.69) is 0 Å². The fourth-order valence-electron chi connectivity index (χ4n) is 3.62. The summed E-state index contributed by atoms with van der Waals surface area (Å²) in [5, 5.41) is 0. The zero-order chi connectivity index (χ0) is 13.8. The second-order valence-electron chi connectivity index (χ2n) is 6.07. The van der Waals surface area contributed by atoms with Gasteiger partial charge in [-0.2, -0.15) is 0 Å². The van der Waals surface area contributed by atoms with Crippen molar-refractivity contribution in [3.63, 3.8) is 0 Å². The minimum absolute atomic E-state index is 0.399. The van der Waals surface area contributed by atoms with E-state index >= 15 is 0 Å². The Bertz CT molecular complexity index is 420. The molecule has 0 N–H and O–H groups in total. The highest BCUT2D eigenvalue weighted by atomic mass is 16.5. The second kappa shape index (κ2) is 6.49. The molecule has 20 heavy (non-hydrogen) atoms. The van der Waals surface area contributed by atoms with Crippen LogP contribution in [0.3, 0.4) is 0 Å². The van der Waals surface area contributed by atoms with Gasteiger partial charge in [-0.05, 0) is 43.2 Å². The predicted molar refractivity (Wildman–Crippen MR) is 78.3 cm³/mol. The number of ether oxygens (including phenoxy) is 3. The van der Waals surface area contributed by atoms with Gasteiger partial charge in [-0.1, -0.05) is 18.9 Å². The van der Waals surface area contributed by atoms with Crippen LogP contribution < -0.4 is 9.47 Å². The highest BCUT2D eigenvalue weighted by molar-refractivity contribution is 5.33. The van der Waals surface area contributed by atoms with Gasteiger partial charge in [-0.25, -0.2) is 0 Å². The van der Waals surface area contributed by atoms with Crippen LogP contribution in [0.25, 0.3) is 0 Å². The van der Waals surface area contributed by atoms with Crippen molar-refractivity contribution < 1.29 is 14.2 Å². The molecule has 3 nitrogen and oxygen atoms in total. The number of hydrogen-bond donors (Lipinski definition) is 0. The molecule has 3 rings (SSSR count). The van der Waals surface area contributed by atoms with E-state index in [0.29, 0.717) is 19.3 Å². The molecule has 1 aromatic rings. The smallest absolute Gasteiger partial charge is 0.123 e. The summed E-state index contributed by atoms with van der Waals surface area (Å²) < 4.78 is 16.8. The summed E-state index contributed by atoms with van der Waals surface area (Å²) in [6.07, 6.45) is 7.10. The molecule has 2 fully saturated rings. The number of methoxy groups -OCH3 is 1. The third-order valence-electron chi connectivity index (χ3n) is 4.51. The van der Waals surface area contributed by atoms with Gasteiger partial charge in [0.2, 0.25) is 0 Å². The van der Waals surface area contributed by atoms with Gasteiger partial charge in [0, 0.05) is 13.2 Å². The van der Waals surface area contributed by atoms with Crippen LogP contribution in [0, 0.1) is 11.8 Å². The van der Waals surface area contributed by atoms with Crippen LogP contribution in [-0.2, 0) is 4.74 Å². The van der Waals surface area contributed by atoms with E-state index in [9.17, 15) is 0 Å². The van der Waals surface area contributed by atoms with E-state index < -0.39 is 0 Å². The number of hydrogen-bond acceptors (Lipinski definition) is 3. The third kappa shape index (κ3) is 3.45. The maximum absolute atomic E-state index is 6.17. The number of fused-ring (bicyclic) bond motifs is 2. The SMILES string of the molecule is COCCOc1cccc(OC2C[C@H]3CC[C@@H](C2)C3)c1. The first-order chi connectivity index (χ1) is 9.83. The molecule has 0 amide bonds.